The Labute approximate surface area is 139 Å². The van der Waals surface area contributed by atoms with Crippen LogP contribution in [0.5, 0.6) is 0 Å². The van der Waals surface area contributed by atoms with Gasteiger partial charge in [-0.2, -0.15) is 0 Å². The van der Waals surface area contributed by atoms with Crippen molar-refractivity contribution in [2.24, 2.45) is 0 Å². The van der Waals surface area contributed by atoms with Crippen molar-refractivity contribution in [1.82, 2.24) is 10.3 Å². The zero-order chi connectivity index (χ0) is 15.9. The Balaban J connectivity index is 1.57. The van der Waals surface area contributed by atoms with Gasteiger partial charge in [-0.3, -0.25) is 9.78 Å². The molecule has 0 atom stereocenters. The van der Waals surface area contributed by atoms with E-state index in [-0.39, 0.29) is 5.91 Å². The fraction of sp³-hybridized carbons (Fsp3) is 0.111. The molecule has 0 aliphatic carbocycles. The van der Waals surface area contributed by atoms with E-state index in [0.29, 0.717) is 5.56 Å². The standard InChI is InChI=1S/C18H17N3OS/c22-18(15-6-8-19-9-7-15)21-16-4-1-3-14(11-16)12-20-13-17-5-2-10-23-17/h1-11,20H,12-13H2,(H,21,22). The molecule has 0 fully saturated rings. The third-order valence-electron chi connectivity index (χ3n) is 3.34. The third-order valence-corrected chi connectivity index (χ3v) is 4.21. The molecule has 0 bridgehead atoms. The van der Waals surface area contributed by atoms with E-state index in [1.165, 1.54) is 4.88 Å². The number of nitrogens with one attached hydrogen (secondary N) is 2. The molecule has 1 aromatic carbocycles. The lowest BCUT2D eigenvalue weighted by atomic mass is 10.2. The zero-order valence-corrected chi connectivity index (χ0v) is 13.3. The van der Waals surface area contributed by atoms with Crippen LogP contribution in [0, 0.1) is 0 Å². The van der Waals surface area contributed by atoms with Crippen LogP contribution in [-0.2, 0) is 13.1 Å². The maximum absolute atomic E-state index is 12.1. The van der Waals surface area contributed by atoms with Crippen molar-refractivity contribution in [2.45, 2.75) is 13.1 Å². The summed E-state index contributed by atoms with van der Waals surface area (Å²) in [6.07, 6.45) is 3.22. The molecule has 2 aromatic heterocycles. The predicted octanol–water partition coefficient (Wildman–Crippen LogP) is 3.69. The van der Waals surface area contributed by atoms with Gasteiger partial charge in [-0.05, 0) is 41.3 Å². The molecule has 4 nitrogen and oxygen atoms in total. The predicted molar refractivity (Wildman–Crippen MR) is 93.5 cm³/mol. The molecule has 116 valence electrons. The van der Waals surface area contributed by atoms with Gasteiger partial charge >= 0.3 is 0 Å². The van der Waals surface area contributed by atoms with E-state index in [1.54, 1.807) is 35.9 Å². The van der Waals surface area contributed by atoms with E-state index >= 15 is 0 Å². The largest absolute Gasteiger partial charge is 0.322 e. The Morgan fingerprint density at radius 1 is 1.04 bits per heavy atom. The van der Waals surface area contributed by atoms with E-state index in [1.807, 2.05) is 24.3 Å². The number of amides is 1. The molecular formula is C18H17N3OS. The lowest BCUT2D eigenvalue weighted by Gasteiger charge is -2.08. The van der Waals surface area contributed by atoms with Gasteiger partial charge in [-0.25, -0.2) is 0 Å². The van der Waals surface area contributed by atoms with Gasteiger partial charge in [0.05, 0.1) is 0 Å². The highest BCUT2D eigenvalue weighted by molar-refractivity contribution is 7.09. The van der Waals surface area contributed by atoms with Crippen molar-refractivity contribution in [1.29, 1.82) is 0 Å². The number of aromatic nitrogens is 1. The van der Waals surface area contributed by atoms with E-state index in [2.05, 4.69) is 33.1 Å². The highest BCUT2D eigenvalue weighted by Gasteiger charge is 2.05. The summed E-state index contributed by atoms with van der Waals surface area (Å²) < 4.78 is 0. The lowest BCUT2D eigenvalue weighted by molar-refractivity contribution is 0.102. The highest BCUT2D eigenvalue weighted by atomic mass is 32.1. The minimum Gasteiger partial charge on any atom is -0.322 e. The summed E-state index contributed by atoms with van der Waals surface area (Å²) in [6, 6.07) is 15.4. The first-order valence-electron chi connectivity index (χ1n) is 7.35. The van der Waals surface area contributed by atoms with E-state index in [4.69, 9.17) is 0 Å². The maximum atomic E-state index is 12.1. The fourth-order valence-corrected chi connectivity index (χ4v) is 2.88. The van der Waals surface area contributed by atoms with Crippen molar-refractivity contribution in [2.75, 3.05) is 5.32 Å². The number of carbonyl (C=O) groups is 1. The second kappa shape index (κ2) is 7.67. The number of carbonyl (C=O) groups excluding carboxylic acids is 1. The molecule has 0 radical (unpaired) electrons. The Hall–Kier alpha value is -2.50. The molecule has 3 rings (SSSR count). The minimum absolute atomic E-state index is 0.129. The van der Waals surface area contributed by atoms with Crippen LogP contribution in [0.2, 0.25) is 0 Å². The molecule has 2 heterocycles. The van der Waals surface area contributed by atoms with Gasteiger partial charge in [-0.1, -0.05) is 18.2 Å². The number of pyridine rings is 1. The summed E-state index contributed by atoms with van der Waals surface area (Å²) in [6.45, 7) is 1.61. The molecule has 2 N–H and O–H groups in total. The van der Waals surface area contributed by atoms with E-state index in [9.17, 15) is 4.79 Å². The Kier molecular flexibility index (Phi) is 5.13. The normalized spacial score (nSPS) is 10.4. The molecule has 0 spiro atoms. The number of benzene rings is 1. The average molecular weight is 323 g/mol. The van der Waals surface area contributed by atoms with Gasteiger partial charge in [0.25, 0.3) is 5.91 Å². The molecule has 0 unspecified atom stereocenters. The first kappa shape index (κ1) is 15.4. The molecule has 23 heavy (non-hydrogen) atoms. The van der Waals surface area contributed by atoms with Gasteiger partial charge < -0.3 is 10.6 Å². The van der Waals surface area contributed by atoms with Crippen LogP contribution in [-0.4, -0.2) is 10.9 Å². The number of hydrogen-bond donors (Lipinski definition) is 2. The molecule has 0 aliphatic rings. The summed E-state index contributed by atoms with van der Waals surface area (Å²) in [4.78, 5) is 17.4. The first-order valence-corrected chi connectivity index (χ1v) is 8.22. The first-order chi connectivity index (χ1) is 11.3. The zero-order valence-electron chi connectivity index (χ0n) is 12.5. The van der Waals surface area contributed by atoms with Crippen LogP contribution >= 0.6 is 11.3 Å². The van der Waals surface area contributed by atoms with Crippen LogP contribution in [0.25, 0.3) is 0 Å². The Morgan fingerprint density at radius 2 is 1.91 bits per heavy atom. The second-order valence-corrected chi connectivity index (χ2v) is 6.11. The molecule has 0 aliphatic heterocycles. The van der Waals surface area contributed by atoms with Crippen LogP contribution < -0.4 is 10.6 Å². The maximum Gasteiger partial charge on any atom is 0.255 e. The summed E-state index contributed by atoms with van der Waals surface area (Å²) in [5.74, 6) is -0.129. The molecule has 3 aromatic rings. The summed E-state index contributed by atoms with van der Waals surface area (Å²) in [5, 5.41) is 8.39. The van der Waals surface area contributed by atoms with Gasteiger partial charge in [0.1, 0.15) is 0 Å². The fourth-order valence-electron chi connectivity index (χ4n) is 2.21. The number of thiophene rings is 1. The molecule has 0 saturated carbocycles. The summed E-state index contributed by atoms with van der Waals surface area (Å²) in [7, 11) is 0. The van der Waals surface area contributed by atoms with Gasteiger partial charge in [0, 0.05) is 41.6 Å². The number of anilines is 1. The molecular weight excluding hydrogens is 306 g/mol. The van der Waals surface area contributed by atoms with Crippen LogP contribution in [0.15, 0.2) is 66.3 Å². The van der Waals surface area contributed by atoms with Crippen LogP contribution in [0.3, 0.4) is 0 Å². The smallest absolute Gasteiger partial charge is 0.255 e. The Bertz CT molecular complexity index is 757. The molecule has 5 heteroatoms. The molecule has 0 saturated heterocycles. The van der Waals surface area contributed by atoms with Gasteiger partial charge in [0.2, 0.25) is 0 Å². The summed E-state index contributed by atoms with van der Waals surface area (Å²) in [5.41, 5.74) is 2.53. The third kappa shape index (κ3) is 4.48. The van der Waals surface area contributed by atoms with Crippen molar-refractivity contribution < 1.29 is 4.79 Å². The number of nitrogens with zero attached hydrogens (tertiary/aromatic N) is 1. The SMILES string of the molecule is O=C(Nc1cccc(CNCc2cccs2)c1)c1ccncc1. The average Bonchev–Trinajstić information content (AvgIpc) is 3.09. The van der Waals surface area contributed by atoms with E-state index in [0.717, 1.165) is 24.3 Å². The van der Waals surface area contributed by atoms with Crippen LogP contribution in [0.1, 0.15) is 20.8 Å². The van der Waals surface area contributed by atoms with Gasteiger partial charge in [-0.15, -0.1) is 11.3 Å². The van der Waals surface area contributed by atoms with Crippen molar-refractivity contribution in [3.63, 3.8) is 0 Å². The van der Waals surface area contributed by atoms with E-state index < -0.39 is 0 Å². The summed E-state index contributed by atoms with van der Waals surface area (Å²) >= 11 is 1.74. The highest BCUT2D eigenvalue weighted by Crippen LogP contribution is 2.13. The quantitative estimate of drug-likeness (QED) is 0.727. The van der Waals surface area contributed by atoms with Crippen LogP contribution in [0.4, 0.5) is 5.69 Å². The Morgan fingerprint density at radius 3 is 2.70 bits per heavy atom. The topological polar surface area (TPSA) is 54.0 Å². The van der Waals surface area contributed by atoms with Gasteiger partial charge in [0.15, 0.2) is 0 Å². The minimum atomic E-state index is -0.129. The van der Waals surface area contributed by atoms with Crippen molar-refractivity contribution in [3.8, 4) is 0 Å². The number of rotatable bonds is 6. The second-order valence-electron chi connectivity index (χ2n) is 5.07. The monoisotopic (exact) mass is 323 g/mol. The lowest BCUT2D eigenvalue weighted by Crippen LogP contribution is -2.14. The van der Waals surface area contributed by atoms with Crippen molar-refractivity contribution in [3.05, 3.63) is 82.3 Å². The van der Waals surface area contributed by atoms with Crippen molar-refractivity contribution >= 4 is 22.9 Å². The number of hydrogen-bond acceptors (Lipinski definition) is 4. The molecule has 1 amide bonds.